The highest BCUT2D eigenvalue weighted by atomic mass is 19.4. The standard InChI is InChI=1S/C27H24F3N7O2/c1-2-35-9-11-36(12-10-35)17-21-6-5-20(15-22(21)27(28,29)30)26(38)33-24-14-18(7-8-31-24)3-4-19-13-23-25(32-16-19)37(23)34-39/h5-8,13-16H,2,9-12,17H2,1H3,(H,31,33,38). The maximum absolute atomic E-state index is 13.9. The average molecular weight is 536 g/mol. The second kappa shape index (κ2) is 10.8. The number of hydrogen-bond acceptors (Lipinski definition) is 7. The van der Waals surface area contributed by atoms with E-state index in [4.69, 9.17) is 0 Å². The smallest absolute Gasteiger partial charge is 0.307 e. The largest absolute Gasteiger partial charge is 0.416 e. The maximum Gasteiger partial charge on any atom is 0.416 e. The minimum atomic E-state index is -4.60. The molecule has 0 unspecified atom stereocenters. The van der Waals surface area contributed by atoms with Gasteiger partial charge in [-0.1, -0.05) is 24.8 Å². The van der Waals surface area contributed by atoms with Crippen LogP contribution in [0.2, 0.25) is 0 Å². The van der Waals surface area contributed by atoms with Crippen molar-refractivity contribution in [2.24, 2.45) is 5.29 Å². The Labute approximate surface area is 222 Å². The number of hydrogen-bond donors (Lipinski definition) is 1. The van der Waals surface area contributed by atoms with Gasteiger partial charge in [-0.3, -0.25) is 9.69 Å². The first kappa shape index (κ1) is 26.3. The van der Waals surface area contributed by atoms with Crippen LogP contribution in [0.25, 0.3) is 0 Å². The second-order valence-corrected chi connectivity index (χ2v) is 9.17. The molecule has 4 heterocycles. The van der Waals surface area contributed by atoms with E-state index in [9.17, 15) is 22.9 Å². The lowest BCUT2D eigenvalue weighted by Gasteiger charge is -2.34. The van der Waals surface area contributed by atoms with Crippen LogP contribution in [0.4, 0.5) is 30.5 Å². The Morgan fingerprint density at radius 1 is 1.03 bits per heavy atom. The van der Waals surface area contributed by atoms with Crippen LogP contribution in [0.15, 0.2) is 54.1 Å². The van der Waals surface area contributed by atoms with Gasteiger partial charge in [0.1, 0.15) is 11.5 Å². The van der Waals surface area contributed by atoms with Crippen molar-refractivity contribution < 1.29 is 18.0 Å². The molecule has 200 valence electrons. The Hall–Kier alpha value is -4.34. The van der Waals surface area contributed by atoms with Crippen LogP contribution in [0, 0.1) is 16.7 Å². The van der Waals surface area contributed by atoms with E-state index in [1.54, 1.807) is 12.1 Å². The number of halogens is 3. The summed E-state index contributed by atoms with van der Waals surface area (Å²) in [5.41, 5.74) is 0.870. The highest BCUT2D eigenvalue weighted by Gasteiger charge is 2.35. The molecule has 1 amide bonds. The number of nitroso groups, excluding NO2 is 1. The van der Waals surface area contributed by atoms with Gasteiger partial charge >= 0.3 is 6.18 Å². The van der Waals surface area contributed by atoms with Crippen molar-refractivity contribution >= 4 is 23.2 Å². The Bertz CT molecular complexity index is 1470. The third kappa shape index (κ3) is 6.05. The number of aromatic nitrogens is 2. The summed E-state index contributed by atoms with van der Waals surface area (Å²) in [6, 6.07) is 8.49. The minimum absolute atomic E-state index is 0.120. The number of carbonyl (C=O) groups excluding carboxylic acids is 1. The quantitative estimate of drug-likeness (QED) is 0.284. The summed E-state index contributed by atoms with van der Waals surface area (Å²) < 4.78 is 41.8. The van der Waals surface area contributed by atoms with Crippen LogP contribution in [0.1, 0.15) is 39.5 Å². The summed E-state index contributed by atoms with van der Waals surface area (Å²) >= 11 is 0. The molecule has 0 spiro atoms. The lowest BCUT2D eigenvalue weighted by molar-refractivity contribution is -0.138. The highest BCUT2D eigenvalue weighted by molar-refractivity contribution is 6.04. The number of benzene rings is 1. The van der Waals surface area contributed by atoms with E-state index in [-0.39, 0.29) is 23.5 Å². The van der Waals surface area contributed by atoms with Crippen molar-refractivity contribution in [3.8, 4) is 11.8 Å². The molecule has 9 nitrogen and oxygen atoms in total. The van der Waals surface area contributed by atoms with E-state index >= 15 is 0 Å². The number of anilines is 3. The molecular formula is C27H24F3N7O2. The zero-order valence-corrected chi connectivity index (χ0v) is 21.0. The van der Waals surface area contributed by atoms with Gasteiger partial charge in [0.25, 0.3) is 5.91 Å². The Morgan fingerprint density at radius 3 is 2.49 bits per heavy atom. The first-order valence-corrected chi connectivity index (χ1v) is 12.3. The van der Waals surface area contributed by atoms with Crippen LogP contribution in [0.5, 0.6) is 0 Å². The van der Waals surface area contributed by atoms with Crippen molar-refractivity contribution in [1.82, 2.24) is 19.8 Å². The molecule has 0 aliphatic carbocycles. The van der Waals surface area contributed by atoms with E-state index in [0.717, 1.165) is 30.7 Å². The van der Waals surface area contributed by atoms with Gasteiger partial charge in [0.2, 0.25) is 0 Å². The summed E-state index contributed by atoms with van der Waals surface area (Å²) in [7, 11) is 0. The SMILES string of the molecule is CCN1CCN(Cc2ccc(C(=O)Nc3cc(C#Cc4cnc5c(c4)N5N=O)ccn3)cc2C(F)(F)F)CC1. The number of carbonyl (C=O) groups is 1. The molecule has 12 heteroatoms. The van der Waals surface area contributed by atoms with Crippen LogP contribution in [0.3, 0.4) is 0 Å². The van der Waals surface area contributed by atoms with Crippen molar-refractivity contribution in [2.45, 2.75) is 19.6 Å². The van der Waals surface area contributed by atoms with Gasteiger partial charge in [0.15, 0.2) is 5.82 Å². The summed E-state index contributed by atoms with van der Waals surface area (Å²) in [6.45, 7) is 6.16. The fourth-order valence-corrected chi connectivity index (χ4v) is 4.41. The van der Waals surface area contributed by atoms with Crippen LogP contribution >= 0.6 is 0 Å². The predicted molar refractivity (Wildman–Crippen MR) is 139 cm³/mol. The molecule has 1 fully saturated rings. The number of rotatable bonds is 6. The molecular weight excluding hydrogens is 511 g/mol. The molecule has 0 saturated carbocycles. The first-order chi connectivity index (χ1) is 18.7. The molecule has 2 aliphatic rings. The topological polar surface area (TPSA) is 93.8 Å². The fourth-order valence-electron chi connectivity index (χ4n) is 4.41. The number of nitrogens with one attached hydrogen (secondary N) is 1. The first-order valence-electron chi connectivity index (χ1n) is 12.3. The normalized spacial score (nSPS) is 15.2. The summed E-state index contributed by atoms with van der Waals surface area (Å²) in [5.74, 6) is 5.74. The molecule has 3 aromatic rings. The van der Waals surface area contributed by atoms with E-state index in [1.807, 2.05) is 4.90 Å². The van der Waals surface area contributed by atoms with E-state index < -0.39 is 17.6 Å². The molecule has 1 aromatic carbocycles. The molecule has 2 aromatic heterocycles. The van der Waals surface area contributed by atoms with Gasteiger partial charge in [0, 0.05) is 61.8 Å². The monoisotopic (exact) mass is 535 g/mol. The van der Waals surface area contributed by atoms with Gasteiger partial charge < -0.3 is 10.2 Å². The van der Waals surface area contributed by atoms with Crippen molar-refractivity contribution in [3.05, 3.63) is 81.5 Å². The van der Waals surface area contributed by atoms with Crippen molar-refractivity contribution in [3.63, 3.8) is 0 Å². The van der Waals surface area contributed by atoms with Crippen molar-refractivity contribution in [1.29, 1.82) is 0 Å². The van der Waals surface area contributed by atoms with Gasteiger partial charge in [-0.2, -0.15) is 18.2 Å². The van der Waals surface area contributed by atoms with Crippen LogP contribution in [-0.2, 0) is 12.7 Å². The molecule has 0 radical (unpaired) electrons. The molecule has 0 bridgehead atoms. The Morgan fingerprint density at radius 2 is 1.77 bits per heavy atom. The molecule has 1 N–H and O–H groups in total. The number of alkyl halides is 3. The summed E-state index contributed by atoms with van der Waals surface area (Å²) in [6.07, 6.45) is -1.66. The third-order valence-corrected chi connectivity index (χ3v) is 6.64. The van der Waals surface area contributed by atoms with E-state index in [0.29, 0.717) is 35.7 Å². The lowest BCUT2D eigenvalue weighted by Crippen LogP contribution is -2.45. The zero-order valence-electron chi connectivity index (χ0n) is 21.0. The van der Waals surface area contributed by atoms with Gasteiger partial charge in [-0.15, -0.1) is 4.91 Å². The molecule has 1 saturated heterocycles. The van der Waals surface area contributed by atoms with Gasteiger partial charge in [-0.25, -0.2) is 9.97 Å². The molecule has 39 heavy (non-hydrogen) atoms. The third-order valence-electron chi connectivity index (χ3n) is 6.64. The number of piperazine rings is 1. The Kier molecular flexibility index (Phi) is 7.28. The number of pyridine rings is 2. The molecule has 0 atom stereocenters. The summed E-state index contributed by atoms with van der Waals surface area (Å²) in [4.78, 5) is 35.9. The van der Waals surface area contributed by atoms with Crippen molar-refractivity contribution in [2.75, 3.05) is 43.0 Å². The molecule has 2 aliphatic heterocycles. The van der Waals surface area contributed by atoms with Gasteiger partial charge in [0.05, 0.1) is 10.8 Å². The lowest BCUT2D eigenvalue weighted by atomic mass is 10.0. The summed E-state index contributed by atoms with van der Waals surface area (Å²) in [5, 5.41) is 6.50. The number of fused-ring (bicyclic) bond motifs is 1. The maximum atomic E-state index is 13.9. The van der Waals surface area contributed by atoms with Crippen LogP contribution < -0.4 is 10.3 Å². The number of amides is 1. The number of likely N-dealkylation sites (N-methyl/N-ethyl adjacent to an activating group) is 1. The van der Waals surface area contributed by atoms with Gasteiger partial charge in [-0.05, 0) is 42.4 Å². The Balaban J connectivity index is 1.28. The van der Waals surface area contributed by atoms with E-state index in [2.05, 4.69) is 44.2 Å². The predicted octanol–water partition coefficient (Wildman–Crippen LogP) is 4.42. The zero-order chi connectivity index (χ0) is 27.6. The number of nitrogens with zero attached hydrogens (tertiary/aromatic N) is 6. The molecule has 5 rings (SSSR count). The minimum Gasteiger partial charge on any atom is -0.307 e. The van der Waals surface area contributed by atoms with Crippen LogP contribution in [-0.4, -0.2) is 58.4 Å². The fraction of sp³-hybridized carbons (Fsp3) is 0.296. The highest BCUT2D eigenvalue weighted by Crippen LogP contribution is 2.45. The second-order valence-electron chi connectivity index (χ2n) is 9.17. The van der Waals surface area contributed by atoms with E-state index in [1.165, 1.54) is 30.6 Å². The average Bonchev–Trinajstić information content (AvgIpc) is 3.64.